The Balaban J connectivity index is 1.76. The first-order valence-electron chi connectivity index (χ1n) is 6.21. The third-order valence-electron chi connectivity index (χ3n) is 4.11. The van der Waals surface area contributed by atoms with Gasteiger partial charge in [0.1, 0.15) is 0 Å². The average Bonchev–Trinajstić information content (AvgIpc) is 2.05. The first-order chi connectivity index (χ1) is 6.77. The summed E-state index contributed by atoms with van der Waals surface area (Å²) >= 11 is 0. The van der Waals surface area contributed by atoms with Gasteiger partial charge in [0.15, 0.2) is 0 Å². The number of hydrogen-bond donors (Lipinski definition) is 1. The van der Waals surface area contributed by atoms with Gasteiger partial charge in [-0.2, -0.15) is 0 Å². The third kappa shape index (κ3) is 2.29. The summed E-state index contributed by atoms with van der Waals surface area (Å²) in [6, 6.07) is 1.64. The summed E-state index contributed by atoms with van der Waals surface area (Å²) in [6.45, 7) is 4.88. The Kier molecular flexibility index (Phi) is 3.45. The van der Waals surface area contributed by atoms with Crippen molar-refractivity contribution < 1.29 is 0 Å². The van der Waals surface area contributed by atoms with E-state index in [2.05, 4.69) is 24.2 Å². The third-order valence-corrected chi connectivity index (χ3v) is 4.11. The van der Waals surface area contributed by atoms with E-state index < -0.39 is 0 Å². The summed E-state index contributed by atoms with van der Waals surface area (Å²) in [6.07, 6.45) is 7.08. The lowest BCUT2D eigenvalue weighted by atomic mass is 9.89. The van der Waals surface area contributed by atoms with E-state index in [0.717, 1.165) is 18.0 Å². The molecule has 2 rings (SSSR count). The van der Waals surface area contributed by atoms with Crippen LogP contribution in [0.5, 0.6) is 0 Å². The molecule has 82 valence electrons. The van der Waals surface area contributed by atoms with Crippen LogP contribution in [0.1, 0.15) is 39.0 Å². The largest absolute Gasteiger partial charge is 0.312 e. The van der Waals surface area contributed by atoms with Crippen LogP contribution in [0.25, 0.3) is 0 Å². The molecule has 1 heterocycles. The lowest BCUT2D eigenvalue weighted by molar-refractivity contribution is 0.124. The molecule has 1 N–H and O–H groups in total. The normalized spacial score (nSPS) is 34.5. The summed E-state index contributed by atoms with van der Waals surface area (Å²) in [5.74, 6) is 0.867. The van der Waals surface area contributed by atoms with E-state index in [9.17, 15) is 0 Å². The van der Waals surface area contributed by atoms with E-state index in [1.54, 1.807) is 0 Å². The number of rotatable bonds is 3. The smallest absolute Gasteiger partial charge is 0.0220 e. The SMILES string of the molecule is CC1CCCNC1CN(C)C1CCC1. The van der Waals surface area contributed by atoms with E-state index in [4.69, 9.17) is 0 Å². The first-order valence-corrected chi connectivity index (χ1v) is 6.21. The lowest BCUT2D eigenvalue weighted by Gasteiger charge is -2.39. The van der Waals surface area contributed by atoms with Gasteiger partial charge in [-0.3, -0.25) is 0 Å². The van der Waals surface area contributed by atoms with Crippen LogP contribution in [0.15, 0.2) is 0 Å². The number of nitrogens with one attached hydrogen (secondary N) is 1. The predicted molar refractivity (Wildman–Crippen MR) is 60.5 cm³/mol. The number of piperidine rings is 1. The molecule has 2 aliphatic rings. The quantitative estimate of drug-likeness (QED) is 0.741. The zero-order valence-corrected chi connectivity index (χ0v) is 9.63. The zero-order chi connectivity index (χ0) is 9.97. The molecule has 2 unspecified atom stereocenters. The summed E-state index contributed by atoms with van der Waals surface area (Å²) in [4.78, 5) is 2.57. The molecule has 1 aliphatic heterocycles. The van der Waals surface area contributed by atoms with Crippen molar-refractivity contribution in [3.05, 3.63) is 0 Å². The fourth-order valence-corrected chi connectivity index (χ4v) is 2.65. The Morgan fingerprint density at radius 1 is 1.21 bits per heavy atom. The average molecular weight is 196 g/mol. The summed E-state index contributed by atoms with van der Waals surface area (Å²) in [5, 5.41) is 3.66. The molecule has 0 aromatic carbocycles. The van der Waals surface area contributed by atoms with Crippen LogP contribution < -0.4 is 5.32 Å². The maximum atomic E-state index is 3.66. The molecule has 0 aromatic rings. The minimum atomic E-state index is 0.745. The second-order valence-electron chi connectivity index (χ2n) is 5.20. The van der Waals surface area contributed by atoms with Gasteiger partial charge in [0.05, 0.1) is 0 Å². The Morgan fingerprint density at radius 2 is 2.00 bits per heavy atom. The van der Waals surface area contributed by atoms with Crippen LogP contribution in [0.3, 0.4) is 0 Å². The van der Waals surface area contributed by atoms with Crippen LogP contribution in [-0.4, -0.2) is 37.1 Å². The highest BCUT2D eigenvalue weighted by Crippen LogP contribution is 2.25. The van der Waals surface area contributed by atoms with Crippen molar-refractivity contribution in [2.24, 2.45) is 5.92 Å². The fraction of sp³-hybridized carbons (Fsp3) is 1.00. The van der Waals surface area contributed by atoms with Crippen molar-refractivity contribution in [1.29, 1.82) is 0 Å². The number of hydrogen-bond acceptors (Lipinski definition) is 2. The van der Waals surface area contributed by atoms with Gasteiger partial charge in [-0.05, 0) is 45.2 Å². The van der Waals surface area contributed by atoms with Gasteiger partial charge in [0.2, 0.25) is 0 Å². The highest BCUT2D eigenvalue weighted by atomic mass is 15.2. The molecule has 2 atom stereocenters. The molecule has 14 heavy (non-hydrogen) atoms. The van der Waals surface area contributed by atoms with Crippen LogP contribution >= 0.6 is 0 Å². The number of nitrogens with zero attached hydrogens (tertiary/aromatic N) is 1. The van der Waals surface area contributed by atoms with Crippen molar-refractivity contribution in [2.75, 3.05) is 20.1 Å². The Labute approximate surface area is 88.1 Å². The van der Waals surface area contributed by atoms with Crippen molar-refractivity contribution in [3.63, 3.8) is 0 Å². The van der Waals surface area contributed by atoms with Gasteiger partial charge >= 0.3 is 0 Å². The zero-order valence-electron chi connectivity index (χ0n) is 9.63. The standard InChI is InChI=1S/C12H24N2/c1-10-5-4-8-13-12(10)9-14(2)11-6-3-7-11/h10-13H,3-9H2,1-2H3. The molecule has 2 nitrogen and oxygen atoms in total. The number of likely N-dealkylation sites (N-methyl/N-ethyl adjacent to an activating group) is 1. The van der Waals surface area contributed by atoms with Crippen molar-refractivity contribution in [2.45, 2.75) is 51.1 Å². The second-order valence-corrected chi connectivity index (χ2v) is 5.20. The lowest BCUT2D eigenvalue weighted by Crippen LogP contribution is -2.50. The van der Waals surface area contributed by atoms with Crippen molar-refractivity contribution in [3.8, 4) is 0 Å². The first kappa shape index (κ1) is 10.4. The predicted octanol–water partition coefficient (Wildman–Crippen LogP) is 1.86. The molecule has 0 spiro atoms. The minimum absolute atomic E-state index is 0.745. The molecule has 1 saturated heterocycles. The van der Waals surface area contributed by atoms with E-state index in [1.807, 2.05) is 0 Å². The van der Waals surface area contributed by atoms with Gasteiger partial charge in [0.25, 0.3) is 0 Å². The monoisotopic (exact) mass is 196 g/mol. The van der Waals surface area contributed by atoms with Crippen molar-refractivity contribution in [1.82, 2.24) is 10.2 Å². The minimum Gasteiger partial charge on any atom is -0.312 e. The molecule has 0 radical (unpaired) electrons. The Hall–Kier alpha value is -0.0800. The van der Waals surface area contributed by atoms with Crippen LogP contribution in [0.2, 0.25) is 0 Å². The molecule has 0 bridgehead atoms. The maximum absolute atomic E-state index is 3.66. The van der Waals surface area contributed by atoms with Crippen LogP contribution in [0, 0.1) is 5.92 Å². The van der Waals surface area contributed by atoms with Gasteiger partial charge in [-0.15, -0.1) is 0 Å². The topological polar surface area (TPSA) is 15.3 Å². The second kappa shape index (κ2) is 4.63. The van der Waals surface area contributed by atoms with E-state index in [-0.39, 0.29) is 0 Å². The molecule has 0 amide bonds. The molecule has 2 heteroatoms. The molecular weight excluding hydrogens is 172 g/mol. The van der Waals surface area contributed by atoms with Gasteiger partial charge in [-0.1, -0.05) is 13.3 Å². The Morgan fingerprint density at radius 3 is 2.57 bits per heavy atom. The summed E-state index contributed by atoms with van der Waals surface area (Å²) < 4.78 is 0. The molecular formula is C12H24N2. The highest BCUT2D eigenvalue weighted by Gasteiger charge is 2.27. The van der Waals surface area contributed by atoms with Gasteiger partial charge in [0, 0.05) is 18.6 Å². The molecule has 2 fully saturated rings. The van der Waals surface area contributed by atoms with E-state index in [0.29, 0.717) is 0 Å². The Bertz CT molecular complexity index is 177. The van der Waals surface area contributed by atoms with E-state index in [1.165, 1.54) is 45.2 Å². The molecule has 0 aromatic heterocycles. The van der Waals surface area contributed by atoms with Gasteiger partial charge in [-0.25, -0.2) is 0 Å². The molecule has 1 saturated carbocycles. The summed E-state index contributed by atoms with van der Waals surface area (Å²) in [5.41, 5.74) is 0. The van der Waals surface area contributed by atoms with Crippen LogP contribution in [0.4, 0.5) is 0 Å². The van der Waals surface area contributed by atoms with Crippen LogP contribution in [-0.2, 0) is 0 Å². The van der Waals surface area contributed by atoms with E-state index >= 15 is 0 Å². The molecule has 1 aliphatic carbocycles. The highest BCUT2D eigenvalue weighted by molar-refractivity contribution is 4.85. The summed E-state index contributed by atoms with van der Waals surface area (Å²) in [7, 11) is 2.30. The maximum Gasteiger partial charge on any atom is 0.0220 e. The van der Waals surface area contributed by atoms with Gasteiger partial charge < -0.3 is 10.2 Å². The fourth-order valence-electron chi connectivity index (χ4n) is 2.65. The van der Waals surface area contributed by atoms with Crippen molar-refractivity contribution >= 4 is 0 Å².